The van der Waals surface area contributed by atoms with Gasteiger partial charge < -0.3 is 19.8 Å². The highest BCUT2D eigenvalue weighted by molar-refractivity contribution is 5.68. The number of carbonyl (C=O) groups excluding carboxylic acids is 1. The average molecular weight is 281 g/mol. The van der Waals surface area contributed by atoms with E-state index in [0.717, 1.165) is 5.56 Å². The van der Waals surface area contributed by atoms with Gasteiger partial charge in [-0.05, 0) is 33.8 Å². The molecule has 0 radical (unpaired) electrons. The van der Waals surface area contributed by atoms with Crippen molar-refractivity contribution in [3.8, 4) is 5.75 Å². The van der Waals surface area contributed by atoms with Crippen LogP contribution in [0.5, 0.6) is 5.75 Å². The lowest BCUT2D eigenvalue weighted by Crippen LogP contribution is -2.38. The van der Waals surface area contributed by atoms with Crippen LogP contribution < -0.4 is 0 Å². The number of hydrogen-bond acceptors (Lipinski definition) is 4. The Kier molecular flexibility index (Phi) is 5.39. The van der Waals surface area contributed by atoms with Gasteiger partial charge in [-0.25, -0.2) is 4.79 Å². The largest absolute Gasteiger partial charge is 0.508 e. The highest BCUT2D eigenvalue weighted by atomic mass is 16.6. The maximum atomic E-state index is 12.1. The Morgan fingerprint density at radius 2 is 2.00 bits per heavy atom. The molecule has 20 heavy (non-hydrogen) atoms. The molecular formula is C15H23NO4. The van der Waals surface area contributed by atoms with Gasteiger partial charge in [0.2, 0.25) is 0 Å². The summed E-state index contributed by atoms with van der Waals surface area (Å²) in [6.45, 7) is 7.45. The van der Waals surface area contributed by atoms with Gasteiger partial charge in [0.25, 0.3) is 0 Å². The van der Waals surface area contributed by atoms with Crippen molar-refractivity contribution >= 4 is 6.09 Å². The number of phenols is 1. The Morgan fingerprint density at radius 1 is 1.35 bits per heavy atom. The lowest BCUT2D eigenvalue weighted by atomic mass is 10.1. The quantitative estimate of drug-likeness (QED) is 0.889. The normalized spacial score (nSPS) is 11.2. The molecule has 0 atom stereocenters. The molecule has 1 rings (SSSR count). The fraction of sp³-hybridized carbons (Fsp3) is 0.533. The molecule has 0 aliphatic rings. The van der Waals surface area contributed by atoms with Crippen molar-refractivity contribution in [3.05, 3.63) is 29.3 Å². The molecule has 0 aromatic heterocycles. The summed E-state index contributed by atoms with van der Waals surface area (Å²) >= 11 is 0. The fourth-order valence-electron chi connectivity index (χ4n) is 1.73. The third kappa shape index (κ3) is 5.09. The van der Waals surface area contributed by atoms with Gasteiger partial charge in [-0.1, -0.05) is 17.7 Å². The zero-order valence-electron chi connectivity index (χ0n) is 12.5. The number of carbonyl (C=O) groups is 1. The smallest absolute Gasteiger partial charge is 0.410 e. The SMILES string of the molecule is Cc1ccc(O)c(CN(CCO)C(=O)OC(C)(C)C)c1. The standard InChI is InChI=1S/C15H23NO4/c1-11-5-6-13(18)12(9-11)10-16(7-8-17)14(19)20-15(2,3)4/h5-6,9,17-18H,7-8,10H2,1-4H3. The minimum absolute atomic E-state index is 0.127. The van der Waals surface area contributed by atoms with E-state index in [2.05, 4.69) is 0 Å². The second-order valence-corrected chi connectivity index (χ2v) is 5.76. The van der Waals surface area contributed by atoms with Crippen LogP contribution in [0.2, 0.25) is 0 Å². The second-order valence-electron chi connectivity index (χ2n) is 5.76. The summed E-state index contributed by atoms with van der Waals surface area (Å²) in [7, 11) is 0. The minimum Gasteiger partial charge on any atom is -0.508 e. The van der Waals surface area contributed by atoms with Crippen LogP contribution in [0.3, 0.4) is 0 Å². The van der Waals surface area contributed by atoms with Gasteiger partial charge >= 0.3 is 6.09 Å². The molecule has 0 heterocycles. The van der Waals surface area contributed by atoms with Crippen LogP contribution in [0.4, 0.5) is 4.79 Å². The molecule has 0 fully saturated rings. The van der Waals surface area contributed by atoms with Gasteiger partial charge in [-0.15, -0.1) is 0 Å². The minimum atomic E-state index is -0.598. The average Bonchev–Trinajstić information content (AvgIpc) is 2.31. The van der Waals surface area contributed by atoms with Crippen LogP contribution >= 0.6 is 0 Å². The van der Waals surface area contributed by atoms with Crippen molar-refractivity contribution in [2.24, 2.45) is 0 Å². The molecule has 0 saturated carbocycles. The monoisotopic (exact) mass is 281 g/mol. The number of aliphatic hydroxyl groups is 1. The van der Waals surface area contributed by atoms with E-state index in [1.165, 1.54) is 4.90 Å². The van der Waals surface area contributed by atoms with Gasteiger partial charge in [-0.3, -0.25) is 0 Å². The number of phenolic OH excluding ortho intramolecular Hbond substituents is 1. The predicted molar refractivity (Wildman–Crippen MR) is 76.6 cm³/mol. The highest BCUT2D eigenvalue weighted by Gasteiger charge is 2.22. The summed E-state index contributed by atoms with van der Waals surface area (Å²) in [4.78, 5) is 13.4. The number of benzene rings is 1. The van der Waals surface area contributed by atoms with E-state index < -0.39 is 11.7 Å². The number of rotatable bonds is 4. The molecule has 1 amide bonds. The van der Waals surface area contributed by atoms with Crippen molar-refractivity contribution < 1.29 is 19.7 Å². The molecule has 2 N–H and O–H groups in total. The van der Waals surface area contributed by atoms with Gasteiger partial charge in [0.15, 0.2) is 0 Å². The Morgan fingerprint density at radius 3 is 2.55 bits per heavy atom. The van der Waals surface area contributed by atoms with Crippen molar-refractivity contribution in [1.29, 1.82) is 0 Å². The molecule has 5 nitrogen and oxygen atoms in total. The van der Waals surface area contributed by atoms with Gasteiger partial charge in [0.1, 0.15) is 11.4 Å². The summed E-state index contributed by atoms with van der Waals surface area (Å²) in [5.41, 5.74) is 1.02. The van der Waals surface area contributed by atoms with E-state index in [-0.39, 0.29) is 25.4 Å². The predicted octanol–water partition coefficient (Wildman–Crippen LogP) is 2.43. The molecule has 1 aromatic rings. The summed E-state index contributed by atoms with van der Waals surface area (Å²) in [5.74, 6) is 0.127. The summed E-state index contributed by atoms with van der Waals surface area (Å²) in [6, 6.07) is 5.20. The van der Waals surface area contributed by atoms with E-state index >= 15 is 0 Å². The number of aromatic hydroxyl groups is 1. The van der Waals surface area contributed by atoms with Gasteiger partial charge in [-0.2, -0.15) is 0 Å². The van der Waals surface area contributed by atoms with Crippen molar-refractivity contribution in [1.82, 2.24) is 4.90 Å². The molecule has 112 valence electrons. The third-order valence-corrected chi connectivity index (χ3v) is 2.62. The van der Waals surface area contributed by atoms with E-state index in [9.17, 15) is 9.90 Å². The Balaban J connectivity index is 2.86. The topological polar surface area (TPSA) is 70.0 Å². The first kappa shape index (κ1) is 16.3. The maximum absolute atomic E-state index is 12.1. The zero-order chi connectivity index (χ0) is 15.3. The second kappa shape index (κ2) is 6.61. The van der Waals surface area contributed by atoms with E-state index in [4.69, 9.17) is 9.84 Å². The number of ether oxygens (including phenoxy) is 1. The van der Waals surface area contributed by atoms with Crippen LogP contribution in [0.25, 0.3) is 0 Å². The Labute approximate surface area is 119 Å². The van der Waals surface area contributed by atoms with Crippen molar-refractivity contribution in [3.63, 3.8) is 0 Å². The van der Waals surface area contributed by atoms with Crippen LogP contribution in [-0.2, 0) is 11.3 Å². The Hall–Kier alpha value is -1.75. The number of hydrogen-bond donors (Lipinski definition) is 2. The fourth-order valence-corrected chi connectivity index (χ4v) is 1.73. The van der Waals surface area contributed by atoms with Crippen LogP contribution in [0, 0.1) is 6.92 Å². The van der Waals surface area contributed by atoms with Crippen molar-refractivity contribution in [2.75, 3.05) is 13.2 Å². The molecule has 1 aromatic carbocycles. The van der Waals surface area contributed by atoms with Gasteiger partial charge in [0.05, 0.1) is 13.2 Å². The molecule has 0 bridgehead atoms. The number of aryl methyl sites for hydroxylation is 1. The zero-order valence-corrected chi connectivity index (χ0v) is 12.5. The van der Waals surface area contributed by atoms with E-state index in [1.54, 1.807) is 32.9 Å². The van der Waals surface area contributed by atoms with Crippen LogP contribution in [-0.4, -0.2) is 40.0 Å². The molecule has 0 spiro atoms. The Bertz CT molecular complexity index is 465. The molecular weight excluding hydrogens is 258 g/mol. The van der Waals surface area contributed by atoms with Crippen LogP contribution in [0.15, 0.2) is 18.2 Å². The first-order valence-electron chi connectivity index (χ1n) is 6.60. The van der Waals surface area contributed by atoms with Crippen LogP contribution in [0.1, 0.15) is 31.9 Å². The molecule has 0 aliphatic carbocycles. The lowest BCUT2D eigenvalue weighted by Gasteiger charge is -2.27. The van der Waals surface area contributed by atoms with E-state index in [0.29, 0.717) is 5.56 Å². The first-order valence-corrected chi connectivity index (χ1v) is 6.60. The number of nitrogens with zero attached hydrogens (tertiary/aromatic N) is 1. The molecule has 0 aliphatic heterocycles. The van der Waals surface area contributed by atoms with E-state index in [1.807, 2.05) is 13.0 Å². The maximum Gasteiger partial charge on any atom is 0.410 e. The summed E-state index contributed by atoms with van der Waals surface area (Å²) in [5, 5.41) is 18.9. The molecule has 5 heteroatoms. The summed E-state index contributed by atoms with van der Waals surface area (Å²) in [6.07, 6.45) is -0.507. The molecule has 0 saturated heterocycles. The number of amides is 1. The number of aliphatic hydroxyl groups excluding tert-OH is 1. The third-order valence-electron chi connectivity index (χ3n) is 2.62. The lowest BCUT2D eigenvalue weighted by molar-refractivity contribution is 0.0200. The van der Waals surface area contributed by atoms with Gasteiger partial charge in [0, 0.05) is 12.1 Å². The highest BCUT2D eigenvalue weighted by Crippen LogP contribution is 2.21. The molecule has 0 unspecified atom stereocenters. The first-order chi connectivity index (χ1) is 9.23. The van der Waals surface area contributed by atoms with Crippen molar-refractivity contribution in [2.45, 2.75) is 39.8 Å². The summed E-state index contributed by atoms with van der Waals surface area (Å²) < 4.78 is 5.29.